The molecule has 0 saturated carbocycles. The summed E-state index contributed by atoms with van der Waals surface area (Å²) in [5.41, 5.74) is 11.4. The molecule has 0 spiro atoms. The van der Waals surface area contributed by atoms with E-state index in [1.807, 2.05) is 18.2 Å². The Morgan fingerprint density at radius 3 is 2.13 bits per heavy atom. The summed E-state index contributed by atoms with van der Waals surface area (Å²) in [4.78, 5) is 2.32. The lowest BCUT2D eigenvalue weighted by molar-refractivity contribution is 0.669. The van der Waals surface area contributed by atoms with Crippen LogP contribution in [0.5, 0.6) is 0 Å². The lowest BCUT2D eigenvalue weighted by Crippen LogP contribution is -2.17. The van der Waals surface area contributed by atoms with Gasteiger partial charge in [0.1, 0.15) is 22.3 Å². The number of anilines is 1. The van der Waals surface area contributed by atoms with Crippen molar-refractivity contribution >= 4 is 87.5 Å². The quantitative estimate of drug-likeness (QED) is 0.113. The maximum atomic E-state index is 6.52. The van der Waals surface area contributed by atoms with Crippen molar-refractivity contribution in [2.75, 3.05) is 4.90 Å². The average Bonchev–Trinajstić information content (AvgIpc) is 3.92. The molecule has 1 unspecified atom stereocenters. The molecular weight excluding hydrogens is 767 g/mol. The van der Waals surface area contributed by atoms with E-state index in [-0.39, 0.29) is 5.92 Å². The highest BCUT2D eigenvalue weighted by Gasteiger charge is 2.20. The number of benzene rings is 9. The molecule has 1 aliphatic rings. The number of rotatable bonds is 8. The van der Waals surface area contributed by atoms with Crippen molar-refractivity contribution in [1.29, 1.82) is 0 Å². The molecule has 0 bridgehead atoms. The zero-order chi connectivity index (χ0) is 41.9. The van der Waals surface area contributed by atoms with E-state index in [4.69, 9.17) is 8.83 Å². The van der Waals surface area contributed by atoms with Crippen molar-refractivity contribution in [2.45, 2.75) is 12.3 Å². The van der Waals surface area contributed by atoms with E-state index in [0.29, 0.717) is 0 Å². The summed E-state index contributed by atoms with van der Waals surface area (Å²) in [6.45, 7) is 4.21. The molecule has 0 amide bonds. The van der Waals surface area contributed by atoms with Gasteiger partial charge >= 0.3 is 0 Å². The predicted molar refractivity (Wildman–Crippen MR) is 266 cm³/mol. The third kappa shape index (κ3) is 6.36. The second-order valence-corrected chi connectivity index (χ2v) is 16.4. The maximum absolute atomic E-state index is 6.52. The number of nitrogens with zero attached hydrogens (tertiary/aromatic N) is 1. The molecule has 1 aliphatic carbocycles. The van der Waals surface area contributed by atoms with Gasteiger partial charge in [-0.2, -0.15) is 0 Å². The van der Waals surface area contributed by atoms with Crippen LogP contribution in [0, 0.1) is 0 Å². The second kappa shape index (κ2) is 15.1. The maximum Gasteiger partial charge on any atom is 0.143 e. The Kier molecular flexibility index (Phi) is 8.79. The fourth-order valence-electron chi connectivity index (χ4n) is 9.62. The van der Waals surface area contributed by atoms with Gasteiger partial charge in [0.25, 0.3) is 0 Å². The number of para-hydroxylation sites is 2. The number of fused-ring (bicyclic) bond motifs is 11. The summed E-state index contributed by atoms with van der Waals surface area (Å²) in [6.07, 6.45) is 16.3. The molecule has 0 saturated heterocycles. The summed E-state index contributed by atoms with van der Waals surface area (Å²) in [7, 11) is 0. The highest BCUT2D eigenvalue weighted by Crippen LogP contribution is 2.41. The van der Waals surface area contributed by atoms with Gasteiger partial charge in [0, 0.05) is 50.3 Å². The van der Waals surface area contributed by atoms with Crippen LogP contribution in [0.2, 0.25) is 0 Å². The molecule has 63 heavy (non-hydrogen) atoms. The molecule has 2 heterocycles. The van der Waals surface area contributed by atoms with E-state index in [1.54, 1.807) is 0 Å². The minimum absolute atomic E-state index is 0.263. The van der Waals surface area contributed by atoms with Gasteiger partial charge in [-0.05, 0) is 110 Å². The third-order valence-corrected chi connectivity index (χ3v) is 12.8. The van der Waals surface area contributed by atoms with Crippen molar-refractivity contribution in [3.05, 3.63) is 242 Å². The Hall–Kier alpha value is -8.14. The third-order valence-electron chi connectivity index (χ3n) is 12.8. The van der Waals surface area contributed by atoms with Gasteiger partial charge < -0.3 is 13.7 Å². The lowest BCUT2D eigenvalue weighted by atomic mass is 9.89. The molecule has 0 aliphatic heterocycles. The van der Waals surface area contributed by atoms with E-state index in [9.17, 15) is 0 Å². The molecule has 0 radical (unpaired) electrons. The van der Waals surface area contributed by atoms with E-state index in [0.717, 1.165) is 89.3 Å². The van der Waals surface area contributed by atoms with Crippen molar-refractivity contribution in [1.82, 2.24) is 0 Å². The van der Waals surface area contributed by atoms with Crippen molar-refractivity contribution in [3.8, 4) is 11.1 Å². The van der Waals surface area contributed by atoms with Gasteiger partial charge in [-0.3, -0.25) is 0 Å². The van der Waals surface area contributed by atoms with Crippen LogP contribution in [-0.4, -0.2) is 0 Å². The molecule has 0 fully saturated rings. The van der Waals surface area contributed by atoms with Crippen LogP contribution in [0.25, 0.3) is 92.9 Å². The lowest BCUT2D eigenvalue weighted by Gasteiger charge is -2.28. The van der Waals surface area contributed by atoms with Crippen LogP contribution in [0.4, 0.5) is 5.69 Å². The van der Waals surface area contributed by atoms with Crippen molar-refractivity contribution < 1.29 is 8.83 Å². The molecule has 0 N–H and O–H groups in total. The topological polar surface area (TPSA) is 29.5 Å². The summed E-state index contributed by atoms with van der Waals surface area (Å²) >= 11 is 0. The van der Waals surface area contributed by atoms with Crippen LogP contribution in [0.3, 0.4) is 0 Å². The summed E-state index contributed by atoms with van der Waals surface area (Å²) < 4.78 is 12.8. The summed E-state index contributed by atoms with van der Waals surface area (Å²) in [6, 6.07) is 62.8. The Morgan fingerprint density at radius 2 is 1.25 bits per heavy atom. The van der Waals surface area contributed by atoms with Gasteiger partial charge in [-0.25, -0.2) is 0 Å². The monoisotopic (exact) mass is 807 g/mol. The Morgan fingerprint density at radius 1 is 0.556 bits per heavy atom. The first-order valence-corrected chi connectivity index (χ1v) is 21.6. The first kappa shape index (κ1) is 36.7. The normalized spacial score (nSPS) is 14.6. The second-order valence-electron chi connectivity index (χ2n) is 16.4. The molecule has 12 rings (SSSR count). The Bertz CT molecular complexity index is 3760. The van der Waals surface area contributed by atoms with E-state index in [1.165, 1.54) is 32.5 Å². The zero-order valence-electron chi connectivity index (χ0n) is 34.5. The molecule has 3 heteroatoms. The van der Waals surface area contributed by atoms with Gasteiger partial charge in [-0.1, -0.05) is 164 Å². The van der Waals surface area contributed by atoms with Crippen LogP contribution >= 0.6 is 0 Å². The summed E-state index contributed by atoms with van der Waals surface area (Å²) in [5, 5.41) is 11.9. The SMILES string of the molecule is C=C/C(=C\C=C\N(C1=CCC(c2ccc3c(ccc4ccccc43)c2)C=C1)c1ccccc1-c1ccc2oc3c4ccccc4ccc3c2c1)c1ccc2c(c1)oc1ccccc12. The van der Waals surface area contributed by atoms with Crippen LogP contribution in [-0.2, 0) is 0 Å². The van der Waals surface area contributed by atoms with Gasteiger partial charge in [0.15, 0.2) is 0 Å². The molecule has 2 aromatic heterocycles. The van der Waals surface area contributed by atoms with Gasteiger partial charge in [0.2, 0.25) is 0 Å². The van der Waals surface area contributed by atoms with Gasteiger partial charge in [0.05, 0.1) is 5.69 Å². The fraction of sp³-hybridized carbons (Fsp3) is 0.0333. The Labute approximate surface area is 365 Å². The number of furan rings is 2. The van der Waals surface area contributed by atoms with Gasteiger partial charge in [-0.15, -0.1) is 0 Å². The standard InChI is InChI=1S/C60H41NO2/c1-2-39(44-27-32-53-52-18-8-10-20-57(52)62-59(53)38-44)14-11-35-61(47-29-23-40(24-30-47)43-26-31-49-45(36-43)22-21-41-12-3-5-15-48(41)49)56-19-9-7-16-50(56)46-28-34-58-55(37-46)54-33-25-42-13-4-6-17-51(42)60(54)63-58/h2-23,25-38,40H,1,24H2/b35-11+,39-14+. The zero-order valence-corrected chi connectivity index (χ0v) is 34.5. The van der Waals surface area contributed by atoms with E-state index < -0.39 is 0 Å². The van der Waals surface area contributed by atoms with Crippen LogP contribution in [0.15, 0.2) is 240 Å². The minimum Gasteiger partial charge on any atom is -0.456 e. The largest absolute Gasteiger partial charge is 0.456 e. The van der Waals surface area contributed by atoms with Crippen LogP contribution in [0.1, 0.15) is 23.5 Å². The minimum atomic E-state index is 0.263. The summed E-state index contributed by atoms with van der Waals surface area (Å²) in [5.74, 6) is 0.263. The number of allylic oxidation sites excluding steroid dienone is 7. The molecule has 3 nitrogen and oxygen atoms in total. The number of hydrogen-bond donors (Lipinski definition) is 0. The Balaban J connectivity index is 0.930. The predicted octanol–water partition coefficient (Wildman–Crippen LogP) is 16.8. The average molecular weight is 808 g/mol. The van der Waals surface area contributed by atoms with E-state index in [2.05, 4.69) is 212 Å². The molecule has 11 aromatic rings. The molecule has 1 atom stereocenters. The first-order chi connectivity index (χ1) is 31.2. The van der Waals surface area contributed by atoms with Crippen molar-refractivity contribution in [2.24, 2.45) is 0 Å². The molecule has 9 aromatic carbocycles. The highest BCUT2D eigenvalue weighted by molar-refractivity contribution is 6.16. The molecule has 298 valence electrons. The van der Waals surface area contributed by atoms with Crippen LogP contribution < -0.4 is 4.90 Å². The van der Waals surface area contributed by atoms with Crippen molar-refractivity contribution in [3.63, 3.8) is 0 Å². The van der Waals surface area contributed by atoms with E-state index >= 15 is 0 Å². The molecular formula is C60H41NO2. The number of hydrogen-bond acceptors (Lipinski definition) is 3. The highest BCUT2D eigenvalue weighted by atomic mass is 16.3. The smallest absolute Gasteiger partial charge is 0.143 e. The first-order valence-electron chi connectivity index (χ1n) is 21.6. The fourth-order valence-corrected chi connectivity index (χ4v) is 9.62.